The lowest BCUT2D eigenvalue weighted by atomic mass is 10.2. The molecule has 0 N–H and O–H groups in total. The number of hydrogen-bond donors (Lipinski definition) is 0. The van der Waals surface area contributed by atoms with Crippen molar-refractivity contribution in [3.63, 3.8) is 0 Å². The zero-order chi connectivity index (χ0) is 11.4. The zero-order valence-electron chi connectivity index (χ0n) is 8.49. The van der Waals surface area contributed by atoms with Crippen LogP contribution in [0.3, 0.4) is 0 Å². The van der Waals surface area contributed by atoms with Gasteiger partial charge in [0.15, 0.2) is 0 Å². The van der Waals surface area contributed by atoms with Crippen LogP contribution in [-0.4, -0.2) is 0 Å². The van der Waals surface area contributed by atoms with E-state index in [4.69, 9.17) is 4.74 Å². The van der Waals surface area contributed by atoms with Crippen LogP contribution in [0.4, 0.5) is 4.39 Å². The van der Waals surface area contributed by atoms with Crippen LogP contribution in [0.2, 0.25) is 0 Å². The van der Waals surface area contributed by atoms with E-state index in [1.165, 1.54) is 12.1 Å². The topological polar surface area (TPSA) is 9.23 Å². The summed E-state index contributed by atoms with van der Waals surface area (Å²) >= 11 is 3.31. The first-order valence-electron chi connectivity index (χ1n) is 4.87. The van der Waals surface area contributed by atoms with E-state index >= 15 is 0 Å². The molecule has 1 nitrogen and oxygen atoms in total. The van der Waals surface area contributed by atoms with Gasteiger partial charge in [0.05, 0.1) is 4.47 Å². The van der Waals surface area contributed by atoms with Gasteiger partial charge in [0.2, 0.25) is 0 Å². The summed E-state index contributed by atoms with van der Waals surface area (Å²) < 4.78 is 19.2. The maximum absolute atomic E-state index is 13.0. The second kappa shape index (κ2) is 5.12. The minimum absolute atomic E-state index is 0.300. The van der Waals surface area contributed by atoms with E-state index in [0.29, 0.717) is 12.4 Å². The highest BCUT2D eigenvalue weighted by molar-refractivity contribution is 9.10. The number of hydrogen-bond acceptors (Lipinski definition) is 1. The van der Waals surface area contributed by atoms with Crippen LogP contribution in [0.25, 0.3) is 0 Å². The van der Waals surface area contributed by atoms with Crippen molar-refractivity contribution in [2.45, 2.75) is 6.61 Å². The third-order valence-electron chi connectivity index (χ3n) is 2.13. The summed E-state index contributed by atoms with van der Waals surface area (Å²) in [5.41, 5.74) is 1.05. The highest BCUT2D eigenvalue weighted by Gasteiger charge is 2.02. The molecule has 0 saturated carbocycles. The van der Waals surface area contributed by atoms with E-state index in [1.807, 2.05) is 30.3 Å². The number of rotatable bonds is 3. The highest BCUT2D eigenvalue weighted by atomic mass is 79.9. The molecule has 0 amide bonds. The van der Waals surface area contributed by atoms with Gasteiger partial charge in [-0.25, -0.2) is 4.39 Å². The molecule has 3 heteroatoms. The maximum Gasteiger partial charge on any atom is 0.136 e. The van der Waals surface area contributed by atoms with Crippen molar-refractivity contribution in [3.05, 3.63) is 64.4 Å². The number of halogens is 2. The average Bonchev–Trinajstić information content (AvgIpc) is 2.32. The van der Waals surface area contributed by atoms with Gasteiger partial charge in [0, 0.05) is 6.07 Å². The molecule has 0 heterocycles. The van der Waals surface area contributed by atoms with E-state index in [9.17, 15) is 4.39 Å². The molecule has 0 aliphatic carbocycles. The molecule has 0 aliphatic rings. The molecule has 82 valence electrons. The predicted molar refractivity (Wildman–Crippen MR) is 64.9 cm³/mol. The normalized spacial score (nSPS) is 10.1. The van der Waals surface area contributed by atoms with Gasteiger partial charge in [-0.2, -0.15) is 0 Å². The van der Waals surface area contributed by atoms with Gasteiger partial charge in [-0.1, -0.05) is 30.3 Å². The summed E-state index contributed by atoms with van der Waals surface area (Å²) in [4.78, 5) is 0. The molecule has 0 bridgehead atoms. The standard InChI is InChI=1S/C13H10BrFO/c14-12-7-6-11(15)8-13(12)16-9-10-4-2-1-3-5-10/h1-8H,9H2. The Bertz CT molecular complexity index is 471. The second-order valence-electron chi connectivity index (χ2n) is 3.35. The van der Waals surface area contributed by atoms with Gasteiger partial charge < -0.3 is 4.74 Å². The van der Waals surface area contributed by atoms with Gasteiger partial charge in [-0.3, -0.25) is 0 Å². The molecule has 2 rings (SSSR count). The van der Waals surface area contributed by atoms with Crippen LogP contribution in [0, 0.1) is 5.82 Å². The van der Waals surface area contributed by atoms with Crippen molar-refractivity contribution in [3.8, 4) is 5.75 Å². The lowest BCUT2D eigenvalue weighted by Crippen LogP contribution is -1.96. The van der Waals surface area contributed by atoms with E-state index in [2.05, 4.69) is 15.9 Å². The first-order valence-corrected chi connectivity index (χ1v) is 5.67. The Morgan fingerprint density at radius 3 is 2.56 bits per heavy atom. The lowest BCUT2D eigenvalue weighted by molar-refractivity contribution is 0.302. The summed E-state index contributed by atoms with van der Waals surface area (Å²) in [6.45, 7) is 0.433. The summed E-state index contributed by atoms with van der Waals surface area (Å²) in [5.74, 6) is 0.218. The van der Waals surface area contributed by atoms with Crippen molar-refractivity contribution in [1.82, 2.24) is 0 Å². The van der Waals surface area contributed by atoms with Crippen molar-refractivity contribution in [1.29, 1.82) is 0 Å². The third kappa shape index (κ3) is 2.83. The molecule has 0 fully saturated rings. The van der Waals surface area contributed by atoms with Crippen LogP contribution in [0.1, 0.15) is 5.56 Å². The van der Waals surface area contributed by atoms with Crippen molar-refractivity contribution >= 4 is 15.9 Å². The van der Waals surface area contributed by atoms with E-state index in [0.717, 1.165) is 10.0 Å². The summed E-state index contributed by atoms with van der Waals surface area (Å²) in [5, 5.41) is 0. The Labute approximate surface area is 102 Å². The molecular weight excluding hydrogens is 271 g/mol. The van der Waals surface area contributed by atoms with Crippen LogP contribution < -0.4 is 4.74 Å². The molecule has 2 aromatic rings. The molecule has 0 saturated heterocycles. The Hall–Kier alpha value is -1.35. The van der Waals surface area contributed by atoms with Crippen LogP contribution >= 0.6 is 15.9 Å². The van der Waals surface area contributed by atoms with E-state index < -0.39 is 0 Å². The van der Waals surface area contributed by atoms with Crippen molar-refractivity contribution in [2.24, 2.45) is 0 Å². The van der Waals surface area contributed by atoms with Gasteiger partial charge in [-0.05, 0) is 33.6 Å². The number of benzene rings is 2. The van der Waals surface area contributed by atoms with Crippen LogP contribution in [-0.2, 0) is 6.61 Å². The zero-order valence-corrected chi connectivity index (χ0v) is 10.1. The van der Waals surface area contributed by atoms with Crippen molar-refractivity contribution < 1.29 is 9.13 Å². The Kier molecular flexibility index (Phi) is 3.57. The van der Waals surface area contributed by atoms with Crippen LogP contribution in [0.15, 0.2) is 53.0 Å². The van der Waals surface area contributed by atoms with Gasteiger partial charge >= 0.3 is 0 Å². The minimum atomic E-state index is -0.300. The van der Waals surface area contributed by atoms with Gasteiger partial charge in [0.1, 0.15) is 18.2 Å². The fraction of sp³-hybridized carbons (Fsp3) is 0.0769. The van der Waals surface area contributed by atoms with Crippen molar-refractivity contribution in [2.75, 3.05) is 0 Å². The average molecular weight is 281 g/mol. The fourth-order valence-corrected chi connectivity index (χ4v) is 1.68. The molecule has 0 atom stereocenters. The summed E-state index contributed by atoms with van der Waals surface area (Å²) in [7, 11) is 0. The Balaban J connectivity index is 2.08. The smallest absolute Gasteiger partial charge is 0.136 e. The largest absolute Gasteiger partial charge is 0.488 e. The summed E-state index contributed by atoms with van der Waals surface area (Å²) in [6.07, 6.45) is 0. The predicted octanol–water partition coefficient (Wildman–Crippen LogP) is 4.17. The minimum Gasteiger partial charge on any atom is -0.488 e. The molecule has 2 aromatic carbocycles. The fourth-order valence-electron chi connectivity index (χ4n) is 1.32. The maximum atomic E-state index is 13.0. The molecule has 0 unspecified atom stereocenters. The highest BCUT2D eigenvalue weighted by Crippen LogP contribution is 2.26. The quantitative estimate of drug-likeness (QED) is 0.820. The van der Waals surface area contributed by atoms with Gasteiger partial charge in [0.25, 0.3) is 0 Å². The first kappa shape index (κ1) is 11.1. The molecule has 16 heavy (non-hydrogen) atoms. The van der Waals surface area contributed by atoms with E-state index in [-0.39, 0.29) is 5.82 Å². The second-order valence-corrected chi connectivity index (χ2v) is 4.20. The molecule has 0 spiro atoms. The first-order chi connectivity index (χ1) is 7.75. The Morgan fingerprint density at radius 1 is 1.06 bits per heavy atom. The molecule has 0 aromatic heterocycles. The lowest BCUT2D eigenvalue weighted by Gasteiger charge is -2.08. The monoisotopic (exact) mass is 280 g/mol. The SMILES string of the molecule is Fc1ccc(Br)c(OCc2ccccc2)c1. The molecule has 0 radical (unpaired) electrons. The van der Waals surface area contributed by atoms with E-state index in [1.54, 1.807) is 6.07 Å². The Morgan fingerprint density at radius 2 is 1.81 bits per heavy atom. The molecular formula is C13H10BrFO. The number of ether oxygens (including phenoxy) is 1. The summed E-state index contributed by atoms with van der Waals surface area (Å²) in [6, 6.07) is 14.2. The van der Waals surface area contributed by atoms with Gasteiger partial charge in [-0.15, -0.1) is 0 Å². The van der Waals surface area contributed by atoms with Crippen LogP contribution in [0.5, 0.6) is 5.75 Å². The molecule has 0 aliphatic heterocycles. The third-order valence-corrected chi connectivity index (χ3v) is 2.79.